The van der Waals surface area contributed by atoms with Crippen molar-refractivity contribution in [3.8, 4) is 0 Å². The highest BCUT2D eigenvalue weighted by atomic mass is 32.2. The summed E-state index contributed by atoms with van der Waals surface area (Å²) in [6.45, 7) is 0.251. The summed E-state index contributed by atoms with van der Waals surface area (Å²) in [5, 5.41) is 9.06. The van der Waals surface area contributed by atoms with E-state index in [1.165, 1.54) is 12.1 Å². The van der Waals surface area contributed by atoms with Crippen LogP contribution in [0.15, 0.2) is 18.2 Å². The molecular weight excluding hydrogens is 396 g/mol. The Kier molecular flexibility index (Phi) is 7.57. The Morgan fingerprint density at radius 2 is 1.63 bits per heavy atom. The Hall–Kier alpha value is -0.660. The van der Waals surface area contributed by atoms with Crippen LogP contribution < -0.4 is 0 Å². The van der Waals surface area contributed by atoms with Gasteiger partial charge in [0.15, 0.2) is 0 Å². The van der Waals surface area contributed by atoms with E-state index in [2.05, 4.69) is 0 Å². The number of hydrogen-bond donors (Lipinski definition) is 1. The van der Waals surface area contributed by atoms with E-state index in [-0.39, 0.29) is 18.6 Å². The van der Waals surface area contributed by atoms with Gasteiger partial charge in [-0.05, 0) is 79.1 Å². The smallest absolute Gasteiger partial charge is 0.271 e. The van der Waals surface area contributed by atoms with Crippen LogP contribution in [0.4, 0.5) is 17.6 Å². The molecule has 1 saturated heterocycles. The minimum Gasteiger partial charge on any atom is -0.396 e. The fourth-order valence-electron chi connectivity index (χ4n) is 3.99. The van der Waals surface area contributed by atoms with Crippen LogP contribution >= 0.6 is 23.5 Å². The Morgan fingerprint density at radius 1 is 1.04 bits per heavy atom. The summed E-state index contributed by atoms with van der Waals surface area (Å²) in [5.41, 5.74) is -0.0910. The van der Waals surface area contributed by atoms with Gasteiger partial charge in [-0.1, -0.05) is 0 Å². The van der Waals surface area contributed by atoms with Crippen molar-refractivity contribution < 1.29 is 22.7 Å². The predicted molar refractivity (Wildman–Crippen MR) is 105 cm³/mol. The minimum absolute atomic E-state index is 0.0826. The molecule has 0 unspecified atom stereocenters. The first kappa shape index (κ1) is 21.1. The molecule has 0 aromatic heterocycles. The number of hydrogen-bond acceptors (Lipinski definition) is 3. The van der Waals surface area contributed by atoms with Crippen LogP contribution in [0.5, 0.6) is 0 Å². The first-order valence-electron chi connectivity index (χ1n) is 9.33. The van der Waals surface area contributed by atoms with Crippen molar-refractivity contribution in [1.82, 2.24) is 0 Å². The van der Waals surface area contributed by atoms with Crippen molar-refractivity contribution in [1.29, 1.82) is 0 Å². The van der Waals surface area contributed by atoms with Crippen LogP contribution in [0.2, 0.25) is 0 Å². The molecule has 2 fully saturated rings. The zero-order valence-corrected chi connectivity index (χ0v) is 16.6. The van der Waals surface area contributed by atoms with E-state index in [1.54, 1.807) is 0 Å². The second kappa shape index (κ2) is 9.70. The van der Waals surface area contributed by atoms with Gasteiger partial charge in [0.05, 0.1) is 10.1 Å². The molecule has 1 aliphatic carbocycles. The second-order valence-electron chi connectivity index (χ2n) is 7.36. The van der Waals surface area contributed by atoms with Gasteiger partial charge < -0.3 is 5.11 Å². The number of aliphatic hydroxyl groups is 1. The topological polar surface area (TPSA) is 20.2 Å². The summed E-state index contributed by atoms with van der Waals surface area (Å²) < 4.78 is 53.3. The summed E-state index contributed by atoms with van der Waals surface area (Å²) in [7, 11) is 0. The van der Waals surface area contributed by atoms with Gasteiger partial charge in [0, 0.05) is 12.7 Å². The molecule has 3 rings (SSSR count). The van der Waals surface area contributed by atoms with Gasteiger partial charge in [-0.15, -0.1) is 23.5 Å². The lowest BCUT2D eigenvalue weighted by Crippen LogP contribution is -2.27. The molecule has 1 saturated carbocycles. The van der Waals surface area contributed by atoms with Crippen LogP contribution in [-0.2, 0) is 0 Å². The zero-order valence-electron chi connectivity index (χ0n) is 15.0. The third kappa shape index (κ3) is 5.45. The maximum absolute atomic E-state index is 14.1. The third-order valence-electron chi connectivity index (χ3n) is 5.51. The van der Waals surface area contributed by atoms with Gasteiger partial charge in [-0.25, -0.2) is 8.78 Å². The average molecular weight is 421 g/mol. The van der Waals surface area contributed by atoms with E-state index in [0.717, 1.165) is 43.6 Å². The van der Waals surface area contributed by atoms with Gasteiger partial charge in [0.2, 0.25) is 0 Å². The van der Waals surface area contributed by atoms with E-state index >= 15 is 0 Å². The lowest BCUT2D eigenvalue weighted by Gasteiger charge is -2.37. The Bertz CT molecular complexity index is 639. The molecule has 1 aromatic rings. The van der Waals surface area contributed by atoms with Crippen molar-refractivity contribution in [2.24, 2.45) is 11.8 Å². The molecule has 1 nitrogen and oxygen atoms in total. The number of thioether (sulfide) groups is 2. The number of benzene rings is 1. The summed E-state index contributed by atoms with van der Waals surface area (Å²) in [6, 6.07) is 2.43. The van der Waals surface area contributed by atoms with Gasteiger partial charge in [0.25, 0.3) is 6.08 Å². The second-order valence-corrected chi connectivity index (χ2v) is 10.0. The molecule has 150 valence electrons. The first-order valence-corrected chi connectivity index (χ1v) is 11.4. The van der Waals surface area contributed by atoms with Crippen molar-refractivity contribution >= 4 is 29.6 Å². The molecule has 1 aliphatic heterocycles. The SMILES string of the molecule is OCCC1CSC(C2CCC(c3cc(F)c(C=C(F)F)c(F)c3)CC2)SC1. The fraction of sp³-hybridized carbons (Fsp3) is 0.600. The lowest BCUT2D eigenvalue weighted by atomic mass is 9.79. The summed E-state index contributed by atoms with van der Waals surface area (Å²) >= 11 is 3.96. The van der Waals surface area contributed by atoms with Crippen LogP contribution in [0.3, 0.4) is 0 Å². The maximum Gasteiger partial charge on any atom is 0.271 e. The highest BCUT2D eigenvalue weighted by molar-refractivity contribution is 8.17. The van der Waals surface area contributed by atoms with E-state index in [4.69, 9.17) is 5.11 Å². The molecule has 2 aliphatic rings. The lowest BCUT2D eigenvalue weighted by molar-refractivity contribution is 0.269. The Morgan fingerprint density at radius 3 is 2.15 bits per heavy atom. The van der Waals surface area contributed by atoms with Crippen molar-refractivity contribution in [3.05, 3.63) is 41.0 Å². The summed E-state index contributed by atoms with van der Waals surface area (Å²) in [4.78, 5) is 0. The minimum atomic E-state index is -2.11. The summed E-state index contributed by atoms with van der Waals surface area (Å²) in [6.07, 6.45) is 2.78. The van der Waals surface area contributed by atoms with Gasteiger partial charge in [-0.2, -0.15) is 8.78 Å². The van der Waals surface area contributed by atoms with Crippen LogP contribution in [0, 0.1) is 23.5 Å². The molecular formula is C20H24F4OS2. The van der Waals surface area contributed by atoms with Gasteiger partial charge in [0.1, 0.15) is 11.6 Å². The molecule has 1 N–H and O–H groups in total. The Labute approximate surface area is 166 Å². The van der Waals surface area contributed by atoms with Crippen LogP contribution in [0.1, 0.15) is 49.1 Å². The molecule has 7 heteroatoms. The number of halogens is 4. The summed E-state index contributed by atoms with van der Waals surface area (Å²) in [5.74, 6) is 1.61. The first-order chi connectivity index (χ1) is 13.0. The molecule has 0 amide bonds. The monoisotopic (exact) mass is 420 g/mol. The van der Waals surface area contributed by atoms with Gasteiger partial charge >= 0.3 is 0 Å². The van der Waals surface area contributed by atoms with Crippen molar-refractivity contribution in [3.63, 3.8) is 0 Å². The van der Waals surface area contributed by atoms with Crippen LogP contribution in [0.25, 0.3) is 6.08 Å². The zero-order chi connectivity index (χ0) is 19.4. The highest BCUT2D eigenvalue weighted by Crippen LogP contribution is 2.46. The molecule has 1 aromatic carbocycles. The molecule has 0 radical (unpaired) electrons. The third-order valence-corrected chi connectivity index (χ3v) is 9.08. The highest BCUT2D eigenvalue weighted by Gasteiger charge is 2.32. The maximum atomic E-state index is 14.1. The molecule has 0 atom stereocenters. The molecule has 1 heterocycles. The van der Waals surface area contributed by atoms with E-state index < -0.39 is 23.3 Å². The number of rotatable bonds is 5. The largest absolute Gasteiger partial charge is 0.396 e. The molecule has 0 spiro atoms. The van der Waals surface area contributed by atoms with E-state index in [1.807, 2.05) is 23.5 Å². The van der Waals surface area contributed by atoms with Crippen LogP contribution in [-0.4, -0.2) is 27.8 Å². The predicted octanol–water partition coefficient (Wildman–Crippen LogP) is 6.28. The van der Waals surface area contributed by atoms with Crippen molar-refractivity contribution in [2.45, 2.75) is 42.6 Å². The quantitative estimate of drug-likeness (QED) is 0.566. The van der Waals surface area contributed by atoms with E-state index in [9.17, 15) is 17.6 Å². The number of aliphatic hydroxyl groups excluding tert-OH is 1. The van der Waals surface area contributed by atoms with E-state index in [0.29, 0.717) is 22.0 Å². The molecule has 0 bridgehead atoms. The van der Waals surface area contributed by atoms with Gasteiger partial charge in [-0.3, -0.25) is 0 Å². The normalized spacial score (nSPS) is 28.8. The average Bonchev–Trinajstić information content (AvgIpc) is 2.65. The molecule has 27 heavy (non-hydrogen) atoms. The standard InChI is InChI=1S/C20H24F4OS2/c21-17-7-15(8-18(22)16(17)9-19(23)24)13-1-3-14(4-2-13)20-26-10-12(5-6-25)11-27-20/h7-9,12-14,20,25H,1-6,10-11H2. The van der Waals surface area contributed by atoms with Crippen molar-refractivity contribution in [2.75, 3.05) is 18.1 Å². The Balaban J connectivity index is 1.57. The fourth-order valence-corrected chi connectivity index (χ4v) is 7.58.